The van der Waals surface area contributed by atoms with Crippen molar-refractivity contribution in [3.05, 3.63) is 53.9 Å². The predicted molar refractivity (Wildman–Crippen MR) is 143 cm³/mol. The van der Waals surface area contributed by atoms with Crippen molar-refractivity contribution in [3.8, 4) is 11.5 Å². The van der Waals surface area contributed by atoms with Crippen LogP contribution in [0.3, 0.4) is 0 Å². The molecule has 3 rings (SSSR count). The summed E-state index contributed by atoms with van der Waals surface area (Å²) < 4.78 is 27.5. The number of hydrogen-bond acceptors (Lipinski definition) is 9. The molecule has 1 aromatic heterocycles. The van der Waals surface area contributed by atoms with Gasteiger partial charge in [0.15, 0.2) is 11.4 Å². The number of benzene rings is 1. The van der Waals surface area contributed by atoms with Crippen LogP contribution in [-0.4, -0.2) is 68.5 Å². The fourth-order valence-electron chi connectivity index (χ4n) is 4.74. The molecule has 0 spiro atoms. The number of rotatable bonds is 11. The second-order valence-electron chi connectivity index (χ2n) is 9.38. The van der Waals surface area contributed by atoms with Gasteiger partial charge in [0.2, 0.25) is 5.75 Å². The van der Waals surface area contributed by atoms with E-state index in [1.54, 1.807) is 0 Å². The molecule has 1 fully saturated rings. The van der Waals surface area contributed by atoms with Gasteiger partial charge in [-0.05, 0) is 44.6 Å². The van der Waals surface area contributed by atoms with Crippen molar-refractivity contribution in [2.75, 3.05) is 27.4 Å². The van der Waals surface area contributed by atoms with Crippen molar-refractivity contribution in [3.63, 3.8) is 0 Å². The first-order valence-corrected chi connectivity index (χ1v) is 13.3. The highest BCUT2D eigenvalue weighted by Crippen LogP contribution is 2.31. The molecule has 0 radical (unpaired) electrons. The van der Waals surface area contributed by atoms with Crippen LogP contribution in [0, 0.1) is 5.92 Å². The van der Waals surface area contributed by atoms with Crippen molar-refractivity contribution >= 4 is 17.8 Å². The zero-order valence-electron chi connectivity index (χ0n) is 23.0. The van der Waals surface area contributed by atoms with Gasteiger partial charge in [0.1, 0.15) is 12.1 Å². The average Bonchev–Trinajstić information content (AvgIpc) is 2.98. The number of hydrogen-bond donors (Lipinski definition) is 1. The quantitative estimate of drug-likeness (QED) is 0.425. The van der Waals surface area contributed by atoms with Gasteiger partial charge in [-0.1, -0.05) is 36.8 Å². The number of pyridine rings is 1. The highest BCUT2D eigenvalue weighted by atomic mass is 16.6. The third-order valence-electron chi connectivity index (χ3n) is 6.62. The average molecular weight is 543 g/mol. The summed E-state index contributed by atoms with van der Waals surface area (Å²) in [4.78, 5) is 42.8. The van der Waals surface area contributed by atoms with E-state index < -0.39 is 30.0 Å². The summed E-state index contributed by atoms with van der Waals surface area (Å²) in [6.45, 7) is 4.39. The Labute approximate surface area is 229 Å². The Bertz CT molecular complexity index is 1090. The standard InChI is InChI=1S/C29H38N2O8/c1-5-37-26-19(2)38-29(34)22(13-9-12-21(26)18-20-10-7-6-8-11-20)31-28(33)25-27(23(36-4)14-16-30-25)39-24(32)15-17-35-3/h6-8,10-11,14,16,19,21-22,26H,5,9,12-13,15,17-18H2,1-4H3,(H,31,33). The van der Waals surface area contributed by atoms with Crippen LogP contribution >= 0.6 is 0 Å². The van der Waals surface area contributed by atoms with E-state index in [1.165, 1.54) is 32.0 Å². The monoisotopic (exact) mass is 542 g/mol. The summed E-state index contributed by atoms with van der Waals surface area (Å²) in [6, 6.07) is 10.7. The molecular weight excluding hydrogens is 504 g/mol. The van der Waals surface area contributed by atoms with Gasteiger partial charge in [0.05, 0.1) is 26.2 Å². The number of nitrogens with zero attached hydrogens (tertiary/aromatic N) is 1. The second kappa shape index (κ2) is 15.2. The van der Waals surface area contributed by atoms with E-state index in [1.807, 2.05) is 32.0 Å². The van der Waals surface area contributed by atoms with Crippen LogP contribution in [-0.2, 0) is 30.2 Å². The molecule has 39 heavy (non-hydrogen) atoms. The SMILES string of the molecule is CCOC1C(Cc2ccccc2)CCCC(NC(=O)c2nccc(OC)c2OC(=O)CCOC)C(=O)OC1C. The molecule has 0 aliphatic carbocycles. The zero-order chi connectivity index (χ0) is 28.2. The van der Waals surface area contributed by atoms with E-state index in [9.17, 15) is 14.4 Å². The van der Waals surface area contributed by atoms with Crippen molar-refractivity contribution in [2.24, 2.45) is 5.92 Å². The van der Waals surface area contributed by atoms with Crippen LogP contribution in [0.5, 0.6) is 11.5 Å². The summed E-state index contributed by atoms with van der Waals surface area (Å²) in [6.07, 6.45) is 3.15. The van der Waals surface area contributed by atoms with E-state index in [0.29, 0.717) is 19.4 Å². The zero-order valence-corrected chi connectivity index (χ0v) is 23.0. The Kier molecular flexibility index (Phi) is 11.7. The lowest BCUT2D eigenvalue weighted by molar-refractivity contribution is -0.160. The van der Waals surface area contributed by atoms with Crippen LogP contribution < -0.4 is 14.8 Å². The summed E-state index contributed by atoms with van der Waals surface area (Å²) in [7, 11) is 2.86. The molecule has 1 N–H and O–H groups in total. The second-order valence-corrected chi connectivity index (χ2v) is 9.38. The van der Waals surface area contributed by atoms with E-state index in [0.717, 1.165) is 12.8 Å². The van der Waals surface area contributed by atoms with Crippen molar-refractivity contribution in [1.82, 2.24) is 10.3 Å². The Balaban J connectivity index is 1.78. The minimum Gasteiger partial charge on any atom is -0.493 e. The fourth-order valence-corrected chi connectivity index (χ4v) is 4.74. The first kappa shape index (κ1) is 30.0. The Morgan fingerprint density at radius 3 is 2.59 bits per heavy atom. The lowest BCUT2D eigenvalue weighted by Gasteiger charge is -2.31. The number of nitrogens with one attached hydrogen (secondary N) is 1. The number of carbonyl (C=O) groups excluding carboxylic acids is 3. The third kappa shape index (κ3) is 8.49. The van der Waals surface area contributed by atoms with Crippen LogP contribution in [0.2, 0.25) is 0 Å². The smallest absolute Gasteiger partial charge is 0.329 e. The Morgan fingerprint density at radius 1 is 1.13 bits per heavy atom. The van der Waals surface area contributed by atoms with Crippen LogP contribution in [0.1, 0.15) is 55.6 Å². The molecule has 10 heteroatoms. The lowest BCUT2D eigenvalue weighted by Crippen LogP contribution is -2.44. The molecule has 2 aromatic rings. The Morgan fingerprint density at radius 2 is 1.90 bits per heavy atom. The maximum atomic E-state index is 13.3. The van der Waals surface area contributed by atoms with Gasteiger partial charge in [-0.15, -0.1) is 0 Å². The minimum absolute atomic E-state index is 0.0202. The number of amides is 1. The van der Waals surface area contributed by atoms with Gasteiger partial charge < -0.3 is 29.0 Å². The van der Waals surface area contributed by atoms with Crippen LogP contribution in [0.15, 0.2) is 42.6 Å². The molecule has 212 valence electrons. The number of aromatic nitrogens is 1. The molecule has 1 aliphatic rings. The lowest BCUT2D eigenvalue weighted by atomic mass is 9.87. The highest BCUT2D eigenvalue weighted by Gasteiger charge is 2.35. The van der Waals surface area contributed by atoms with E-state index in [2.05, 4.69) is 22.4 Å². The molecule has 1 aliphatic heterocycles. The van der Waals surface area contributed by atoms with Gasteiger partial charge in [0.25, 0.3) is 5.91 Å². The fraction of sp³-hybridized carbons (Fsp3) is 0.517. The molecule has 0 bridgehead atoms. The topological polar surface area (TPSA) is 122 Å². The molecule has 1 amide bonds. The van der Waals surface area contributed by atoms with Gasteiger partial charge >= 0.3 is 11.9 Å². The van der Waals surface area contributed by atoms with Gasteiger partial charge in [0, 0.05) is 26.0 Å². The van der Waals surface area contributed by atoms with Crippen molar-refractivity contribution in [2.45, 2.75) is 64.2 Å². The first-order valence-electron chi connectivity index (χ1n) is 13.3. The molecular formula is C29H38N2O8. The van der Waals surface area contributed by atoms with Gasteiger partial charge in [-0.25, -0.2) is 9.78 Å². The molecule has 1 saturated heterocycles. The van der Waals surface area contributed by atoms with Crippen molar-refractivity contribution < 1.29 is 38.1 Å². The van der Waals surface area contributed by atoms with Crippen LogP contribution in [0.4, 0.5) is 0 Å². The first-order chi connectivity index (χ1) is 18.9. The minimum atomic E-state index is -0.914. The number of cyclic esters (lactones) is 1. The normalized spacial score (nSPS) is 21.6. The summed E-state index contributed by atoms with van der Waals surface area (Å²) in [5, 5.41) is 2.73. The van der Waals surface area contributed by atoms with Crippen molar-refractivity contribution in [1.29, 1.82) is 0 Å². The largest absolute Gasteiger partial charge is 0.493 e. The number of methoxy groups -OCH3 is 2. The number of carbonyl (C=O) groups is 3. The maximum Gasteiger partial charge on any atom is 0.329 e. The predicted octanol–water partition coefficient (Wildman–Crippen LogP) is 3.51. The van der Waals surface area contributed by atoms with Crippen LogP contribution in [0.25, 0.3) is 0 Å². The molecule has 4 unspecified atom stereocenters. The molecule has 0 saturated carbocycles. The van der Waals surface area contributed by atoms with E-state index in [4.69, 9.17) is 23.7 Å². The maximum absolute atomic E-state index is 13.3. The third-order valence-corrected chi connectivity index (χ3v) is 6.62. The summed E-state index contributed by atoms with van der Waals surface area (Å²) >= 11 is 0. The Hall–Kier alpha value is -3.50. The van der Waals surface area contributed by atoms with E-state index >= 15 is 0 Å². The number of esters is 2. The molecule has 1 aromatic carbocycles. The highest BCUT2D eigenvalue weighted by molar-refractivity contribution is 5.98. The van der Waals surface area contributed by atoms with Gasteiger partial charge in [-0.2, -0.15) is 0 Å². The summed E-state index contributed by atoms with van der Waals surface area (Å²) in [5.41, 5.74) is 1.02. The molecule has 10 nitrogen and oxygen atoms in total. The summed E-state index contributed by atoms with van der Waals surface area (Å²) in [5.74, 6) is -1.68. The molecule has 2 heterocycles. The number of ether oxygens (including phenoxy) is 5. The van der Waals surface area contributed by atoms with Gasteiger partial charge in [-0.3, -0.25) is 9.59 Å². The molecule has 4 atom stereocenters. The van der Waals surface area contributed by atoms with E-state index in [-0.39, 0.29) is 42.2 Å².